The number of ether oxygens (including phenoxy) is 3. The molecule has 9 heteroatoms. The summed E-state index contributed by atoms with van der Waals surface area (Å²) >= 11 is 0. The molecule has 29 heavy (non-hydrogen) atoms. The number of nitrogens with one attached hydrogen (secondary N) is 1. The predicted molar refractivity (Wildman–Crippen MR) is 102 cm³/mol. The van der Waals surface area contributed by atoms with Crippen molar-refractivity contribution in [2.75, 3.05) is 27.9 Å². The molecule has 1 aromatic carbocycles. The molecule has 150 valence electrons. The number of aromatic nitrogens is 2. The van der Waals surface area contributed by atoms with Gasteiger partial charge in [0.2, 0.25) is 0 Å². The molecule has 2 aromatic heterocycles. The maximum absolute atomic E-state index is 12.5. The molecule has 3 aromatic rings. The minimum Gasteiger partial charge on any atom is -0.494 e. The molecule has 0 aliphatic carbocycles. The number of Topliss-reactive ketones (excluding diaryl/α,β-unsaturated/α-hetero) is 1. The largest absolute Gasteiger partial charge is 0.494 e. The first kappa shape index (κ1) is 19.9. The highest BCUT2D eigenvalue weighted by molar-refractivity contribution is 6.01. The Morgan fingerprint density at radius 2 is 1.72 bits per heavy atom. The molecular formula is C20H19N3O6. The van der Waals surface area contributed by atoms with Crippen LogP contribution in [-0.4, -0.2) is 49.7 Å². The van der Waals surface area contributed by atoms with Crippen molar-refractivity contribution in [3.05, 3.63) is 54.0 Å². The first-order valence-electron chi connectivity index (χ1n) is 8.55. The van der Waals surface area contributed by atoms with Crippen LogP contribution in [0, 0.1) is 0 Å². The van der Waals surface area contributed by atoms with Crippen LogP contribution in [0.5, 0.6) is 17.2 Å². The highest BCUT2D eigenvalue weighted by atomic mass is 16.5. The Bertz CT molecular complexity index is 1020. The van der Waals surface area contributed by atoms with Crippen LogP contribution in [0.3, 0.4) is 0 Å². The predicted octanol–water partition coefficient (Wildman–Crippen LogP) is 2.38. The summed E-state index contributed by atoms with van der Waals surface area (Å²) in [4.78, 5) is 29.2. The standard InChI is InChI=1S/C20H19N3O6/c1-26-16-6-4-12(8-18(16)28-3)20(25)21-10-15(24)14-5-7-17(27-2)19(23-14)13-9-22-29-11-13/h4-9,11H,10H2,1-3H3,(H,21,25). The minimum absolute atomic E-state index is 0.176. The second-order valence-electron chi connectivity index (χ2n) is 5.84. The second kappa shape index (κ2) is 8.87. The fourth-order valence-corrected chi connectivity index (χ4v) is 2.63. The number of amides is 1. The molecule has 1 N–H and O–H groups in total. The summed E-state index contributed by atoms with van der Waals surface area (Å²) in [6.07, 6.45) is 2.87. The Morgan fingerprint density at radius 3 is 2.38 bits per heavy atom. The first-order valence-corrected chi connectivity index (χ1v) is 8.55. The van der Waals surface area contributed by atoms with Crippen LogP contribution in [-0.2, 0) is 0 Å². The molecule has 0 atom stereocenters. The fourth-order valence-electron chi connectivity index (χ4n) is 2.63. The average Bonchev–Trinajstić information content (AvgIpc) is 3.31. The molecule has 0 spiro atoms. The molecule has 0 bridgehead atoms. The number of pyridine rings is 1. The average molecular weight is 397 g/mol. The summed E-state index contributed by atoms with van der Waals surface area (Å²) in [5, 5.41) is 6.22. The van der Waals surface area contributed by atoms with E-state index in [4.69, 9.17) is 18.7 Å². The van der Waals surface area contributed by atoms with Gasteiger partial charge in [0.1, 0.15) is 23.4 Å². The summed E-state index contributed by atoms with van der Waals surface area (Å²) in [5.41, 5.74) is 1.51. The monoisotopic (exact) mass is 397 g/mol. The molecular weight excluding hydrogens is 378 g/mol. The van der Waals surface area contributed by atoms with Gasteiger partial charge < -0.3 is 24.1 Å². The lowest BCUT2D eigenvalue weighted by molar-refractivity contribution is 0.0902. The van der Waals surface area contributed by atoms with Gasteiger partial charge in [-0.1, -0.05) is 5.16 Å². The molecule has 2 heterocycles. The van der Waals surface area contributed by atoms with Gasteiger partial charge in [0.15, 0.2) is 17.3 Å². The smallest absolute Gasteiger partial charge is 0.251 e. The highest BCUT2D eigenvalue weighted by Gasteiger charge is 2.17. The van der Waals surface area contributed by atoms with E-state index in [0.29, 0.717) is 34.1 Å². The van der Waals surface area contributed by atoms with Gasteiger partial charge in [-0.15, -0.1) is 0 Å². The fraction of sp³-hybridized carbons (Fsp3) is 0.200. The van der Waals surface area contributed by atoms with Crippen molar-refractivity contribution in [1.82, 2.24) is 15.5 Å². The van der Waals surface area contributed by atoms with Crippen LogP contribution in [0.1, 0.15) is 20.8 Å². The van der Waals surface area contributed by atoms with E-state index in [1.165, 1.54) is 45.9 Å². The number of nitrogens with zero attached hydrogens (tertiary/aromatic N) is 2. The van der Waals surface area contributed by atoms with Crippen molar-refractivity contribution in [2.45, 2.75) is 0 Å². The molecule has 1 amide bonds. The van der Waals surface area contributed by atoms with Crippen molar-refractivity contribution in [3.8, 4) is 28.5 Å². The lowest BCUT2D eigenvalue weighted by atomic mass is 10.1. The third kappa shape index (κ3) is 4.34. The summed E-state index contributed by atoms with van der Waals surface area (Å²) in [7, 11) is 4.48. The lowest BCUT2D eigenvalue weighted by Crippen LogP contribution is -2.30. The number of hydrogen-bond donors (Lipinski definition) is 1. The molecule has 0 unspecified atom stereocenters. The molecule has 0 fully saturated rings. The highest BCUT2D eigenvalue weighted by Crippen LogP contribution is 2.28. The number of benzene rings is 1. The summed E-state index contributed by atoms with van der Waals surface area (Å²) < 4.78 is 20.4. The van der Waals surface area contributed by atoms with Crippen LogP contribution in [0.4, 0.5) is 0 Å². The Balaban J connectivity index is 1.72. The van der Waals surface area contributed by atoms with Crippen LogP contribution in [0.15, 0.2) is 47.3 Å². The molecule has 3 rings (SSSR count). The molecule has 0 aliphatic heterocycles. The van der Waals surface area contributed by atoms with Gasteiger partial charge in [0.05, 0.1) is 39.6 Å². The third-order valence-corrected chi connectivity index (χ3v) is 4.12. The quantitative estimate of drug-likeness (QED) is 0.577. The topological polar surface area (TPSA) is 113 Å². The van der Waals surface area contributed by atoms with Crippen molar-refractivity contribution in [1.29, 1.82) is 0 Å². The van der Waals surface area contributed by atoms with Gasteiger partial charge in [-0.05, 0) is 30.3 Å². The summed E-state index contributed by atoms with van der Waals surface area (Å²) in [5.74, 6) is 0.607. The van der Waals surface area contributed by atoms with Gasteiger partial charge in [0.25, 0.3) is 5.91 Å². The van der Waals surface area contributed by atoms with E-state index in [9.17, 15) is 9.59 Å². The number of carbonyl (C=O) groups is 2. The van der Waals surface area contributed by atoms with E-state index < -0.39 is 5.91 Å². The Labute approximate surface area is 166 Å². The van der Waals surface area contributed by atoms with E-state index in [1.807, 2.05) is 0 Å². The first-order chi connectivity index (χ1) is 14.1. The van der Waals surface area contributed by atoms with Crippen molar-refractivity contribution >= 4 is 11.7 Å². The van der Waals surface area contributed by atoms with Crippen LogP contribution < -0.4 is 19.5 Å². The second-order valence-corrected chi connectivity index (χ2v) is 5.84. The maximum atomic E-state index is 12.5. The van der Waals surface area contributed by atoms with Crippen molar-refractivity contribution in [2.24, 2.45) is 0 Å². The van der Waals surface area contributed by atoms with Gasteiger partial charge in [0, 0.05) is 5.56 Å². The molecule has 0 aliphatic rings. The number of carbonyl (C=O) groups excluding carboxylic acids is 2. The molecule has 9 nitrogen and oxygen atoms in total. The van der Waals surface area contributed by atoms with E-state index in [2.05, 4.69) is 15.5 Å². The zero-order valence-electron chi connectivity index (χ0n) is 16.1. The Morgan fingerprint density at radius 1 is 1.00 bits per heavy atom. The molecule has 0 saturated carbocycles. The molecule has 0 saturated heterocycles. The van der Waals surface area contributed by atoms with Crippen LogP contribution in [0.2, 0.25) is 0 Å². The van der Waals surface area contributed by atoms with E-state index in [-0.39, 0.29) is 18.0 Å². The molecule has 0 radical (unpaired) electrons. The zero-order valence-corrected chi connectivity index (χ0v) is 16.1. The Kier molecular flexibility index (Phi) is 6.08. The summed E-state index contributed by atoms with van der Waals surface area (Å²) in [6, 6.07) is 7.89. The zero-order chi connectivity index (χ0) is 20.8. The Hall–Kier alpha value is -3.88. The van der Waals surface area contributed by atoms with Crippen LogP contribution in [0.25, 0.3) is 11.3 Å². The maximum Gasteiger partial charge on any atom is 0.251 e. The van der Waals surface area contributed by atoms with Gasteiger partial charge >= 0.3 is 0 Å². The van der Waals surface area contributed by atoms with Gasteiger partial charge in [-0.3, -0.25) is 9.59 Å². The number of methoxy groups -OCH3 is 3. The van der Waals surface area contributed by atoms with E-state index in [0.717, 1.165) is 0 Å². The third-order valence-electron chi connectivity index (χ3n) is 4.12. The number of rotatable bonds is 8. The normalized spacial score (nSPS) is 10.3. The summed E-state index contributed by atoms with van der Waals surface area (Å²) in [6.45, 7) is -0.227. The number of hydrogen-bond acceptors (Lipinski definition) is 8. The number of ketones is 1. The van der Waals surface area contributed by atoms with Crippen molar-refractivity contribution < 1.29 is 28.3 Å². The van der Waals surface area contributed by atoms with Crippen LogP contribution >= 0.6 is 0 Å². The SMILES string of the molecule is COc1ccc(C(=O)NCC(=O)c2ccc(OC)c(-c3cnoc3)n2)cc1OC. The van der Waals surface area contributed by atoms with E-state index >= 15 is 0 Å². The lowest BCUT2D eigenvalue weighted by Gasteiger charge is -2.10. The van der Waals surface area contributed by atoms with Crippen molar-refractivity contribution in [3.63, 3.8) is 0 Å². The minimum atomic E-state index is -0.424. The van der Waals surface area contributed by atoms with Gasteiger partial charge in [-0.2, -0.15) is 0 Å². The van der Waals surface area contributed by atoms with E-state index in [1.54, 1.807) is 18.2 Å². The van der Waals surface area contributed by atoms with Gasteiger partial charge in [-0.25, -0.2) is 4.98 Å².